The Morgan fingerprint density at radius 2 is 2.17 bits per heavy atom. The van der Waals surface area contributed by atoms with E-state index in [9.17, 15) is 10.1 Å². The molecule has 0 amide bonds. The fourth-order valence-corrected chi connectivity index (χ4v) is 0. The number of nitrogens with zero attached hydrogens (tertiary/aromatic N) is 1. The first-order valence-electron chi connectivity index (χ1n) is 0.921. The number of halogens is 1. The van der Waals surface area contributed by atoms with E-state index < -0.39 is 23.9 Å². The van der Waals surface area contributed by atoms with Gasteiger partial charge in [-0.15, -0.1) is 0 Å². The standard InChI is InChI=1S/H3IN2O3/c2-1(4)3(5)6/h4H,2H2. The van der Waals surface area contributed by atoms with E-state index in [1.807, 2.05) is 0 Å². The maximum atomic E-state index is 9.20. The van der Waals surface area contributed by atoms with Crippen LogP contribution in [0.25, 0.3) is 0 Å². The first kappa shape index (κ1) is 6.05. The summed E-state index contributed by atoms with van der Waals surface area (Å²) in [5, 5.41) is 9.20. The van der Waals surface area contributed by atoms with E-state index in [2.05, 4.69) is 3.95 Å². The minimum atomic E-state index is -3.16. The third-order valence-corrected chi connectivity index (χ3v) is 0.949. The van der Waals surface area contributed by atoms with Crippen molar-refractivity contribution in [3.05, 3.63) is 10.1 Å². The Bertz CT molecular complexity index is 59.8. The van der Waals surface area contributed by atoms with Crippen LogP contribution in [-0.4, -0.2) is 6.57 Å². The van der Waals surface area contributed by atoms with E-state index in [0.29, 0.717) is 0 Å². The Morgan fingerprint density at radius 3 is 2.17 bits per heavy atom. The zero-order chi connectivity index (χ0) is 5.15. The summed E-state index contributed by atoms with van der Waals surface area (Å²) in [5.74, 6) is 0. The van der Waals surface area contributed by atoms with E-state index in [1.54, 1.807) is 0 Å². The summed E-state index contributed by atoms with van der Waals surface area (Å²) < 4.78 is 11.5. The second-order valence-corrected chi connectivity index (χ2v) is 2.82. The summed E-state index contributed by atoms with van der Waals surface area (Å²) >= 11 is -3.16. The SMILES string of the molecule is NI(O)[N+](=O)[O-]. The molecule has 0 aliphatic heterocycles. The molecule has 6 heavy (non-hydrogen) atoms. The van der Waals surface area contributed by atoms with Crippen LogP contribution in [0.2, 0.25) is 0 Å². The maximum absolute atomic E-state index is 9.20. The van der Waals surface area contributed by atoms with Gasteiger partial charge in [0.25, 0.3) is 0 Å². The summed E-state index contributed by atoms with van der Waals surface area (Å²) in [7, 11) is 0. The van der Waals surface area contributed by atoms with Crippen molar-refractivity contribution in [1.82, 2.24) is 0 Å². The molecule has 0 spiro atoms. The molecule has 0 atom stereocenters. The van der Waals surface area contributed by atoms with Crippen molar-refractivity contribution in [2.45, 2.75) is 0 Å². The Morgan fingerprint density at radius 1 is 2.00 bits per heavy atom. The van der Waals surface area contributed by atoms with E-state index >= 15 is 0 Å². The van der Waals surface area contributed by atoms with Gasteiger partial charge in [0.15, 0.2) is 0 Å². The van der Waals surface area contributed by atoms with Gasteiger partial charge in [-0.05, 0) is 0 Å². The van der Waals surface area contributed by atoms with Gasteiger partial charge in [-0.2, -0.15) is 0 Å². The van der Waals surface area contributed by atoms with Crippen LogP contribution in [0.5, 0.6) is 0 Å². The van der Waals surface area contributed by atoms with Crippen molar-refractivity contribution in [3.63, 3.8) is 0 Å². The van der Waals surface area contributed by atoms with Crippen LogP contribution in [0.15, 0.2) is 0 Å². The third-order valence-electron chi connectivity index (χ3n) is 0.141. The molecule has 38 valence electrons. The second-order valence-electron chi connectivity index (χ2n) is 0.483. The van der Waals surface area contributed by atoms with Crippen molar-refractivity contribution in [3.8, 4) is 0 Å². The van der Waals surface area contributed by atoms with E-state index in [0.717, 1.165) is 0 Å². The summed E-state index contributed by atoms with van der Waals surface area (Å²) in [6.07, 6.45) is 0. The normalized spacial score (nSPS) is 10.7. The Hall–Kier alpha value is 0.0500. The third kappa shape index (κ3) is 2.30. The first-order valence-corrected chi connectivity index (χ1v) is 4.10. The van der Waals surface area contributed by atoms with Crippen LogP contribution in [0.4, 0.5) is 0 Å². The number of hydrogen-bond donors (Lipinski definition) is 2. The molecule has 0 aliphatic rings. The van der Waals surface area contributed by atoms with Crippen LogP contribution in [0, 0.1) is 10.1 Å². The topological polar surface area (TPSA) is 89.4 Å². The van der Waals surface area contributed by atoms with Crippen molar-refractivity contribution in [2.75, 3.05) is 0 Å². The Balaban J connectivity index is 3.26. The van der Waals surface area contributed by atoms with Gasteiger partial charge in [-0.25, -0.2) is 0 Å². The van der Waals surface area contributed by atoms with Crippen molar-refractivity contribution < 1.29 is 6.57 Å². The fourth-order valence-electron chi connectivity index (χ4n) is 0. The van der Waals surface area contributed by atoms with Gasteiger partial charge < -0.3 is 0 Å². The first-order chi connectivity index (χ1) is 2.64. The van der Waals surface area contributed by atoms with E-state index in [4.69, 9.17) is 3.44 Å². The average Bonchev–Trinajstić information content (AvgIpc) is 1.36. The minimum absolute atomic E-state index is 0.843. The monoisotopic (exact) mass is 206 g/mol. The molecule has 0 radical (unpaired) electrons. The summed E-state index contributed by atoms with van der Waals surface area (Å²) in [5.41, 5.74) is 0. The predicted octanol–water partition coefficient (Wildman–Crippen LogP) is -0.534. The van der Waals surface area contributed by atoms with E-state index in [-0.39, 0.29) is 0 Å². The molecule has 0 heterocycles. The van der Waals surface area contributed by atoms with Gasteiger partial charge in [0.2, 0.25) is 0 Å². The molecule has 0 aliphatic carbocycles. The van der Waals surface area contributed by atoms with Crippen LogP contribution in [0.3, 0.4) is 0 Å². The molecule has 6 heteroatoms. The van der Waals surface area contributed by atoms with Crippen LogP contribution >= 0.6 is 20.8 Å². The quantitative estimate of drug-likeness (QED) is 0.261. The van der Waals surface area contributed by atoms with Gasteiger partial charge in [0, 0.05) is 0 Å². The van der Waals surface area contributed by atoms with Gasteiger partial charge in [-0.3, -0.25) is 0 Å². The second kappa shape index (κ2) is 2.26. The molecular weight excluding hydrogens is 203 g/mol. The van der Waals surface area contributed by atoms with Crippen molar-refractivity contribution >= 4 is 20.8 Å². The molecule has 0 aromatic heterocycles. The predicted molar refractivity (Wildman–Crippen MR) is 27.4 cm³/mol. The molecule has 0 bridgehead atoms. The summed E-state index contributed by atoms with van der Waals surface area (Å²) in [6.45, 7) is 0. The molecule has 0 unspecified atom stereocenters. The molecule has 0 fully saturated rings. The van der Waals surface area contributed by atoms with Gasteiger partial charge in [0.1, 0.15) is 0 Å². The van der Waals surface area contributed by atoms with Crippen molar-refractivity contribution in [1.29, 1.82) is 0 Å². The zero-order valence-corrected chi connectivity index (χ0v) is 4.82. The Labute approximate surface area is 41.9 Å². The molecular formula is H3IN2O3. The molecule has 0 saturated carbocycles. The number of hydrogen-bond acceptors (Lipinski definition) is 4. The summed E-state index contributed by atoms with van der Waals surface area (Å²) in [6, 6.07) is 0. The van der Waals surface area contributed by atoms with Gasteiger partial charge in [-0.1, -0.05) is 0 Å². The van der Waals surface area contributed by atoms with Gasteiger partial charge >= 0.3 is 41.4 Å². The van der Waals surface area contributed by atoms with Crippen LogP contribution in [0.1, 0.15) is 0 Å². The molecule has 0 rings (SSSR count). The van der Waals surface area contributed by atoms with Gasteiger partial charge in [0.05, 0.1) is 0 Å². The number of nitro groups is 1. The molecule has 0 aromatic carbocycles. The summed E-state index contributed by atoms with van der Waals surface area (Å²) in [4.78, 5) is 9.20. The Kier molecular flexibility index (Phi) is 2.28. The number of rotatable bonds is 1. The average molecular weight is 206 g/mol. The molecule has 3 N–H and O–H groups in total. The van der Waals surface area contributed by atoms with Crippen LogP contribution < -0.4 is 3.95 Å². The molecule has 5 nitrogen and oxygen atoms in total. The molecule has 0 saturated heterocycles. The van der Waals surface area contributed by atoms with E-state index in [1.165, 1.54) is 0 Å². The fraction of sp³-hybridized carbons (Fsp3) is 0. The zero-order valence-electron chi connectivity index (χ0n) is 2.67. The molecule has 0 aromatic rings. The van der Waals surface area contributed by atoms with Crippen molar-refractivity contribution in [2.24, 2.45) is 3.95 Å². The van der Waals surface area contributed by atoms with Crippen LogP contribution in [-0.2, 0) is 0 Å². The number of nitrogens with two attached hydrogens (primary N) is 1.